The molecule has 3 aromatic rings. The Morgan fingerprint density at radius 1 is 1.04 bits per heavy atom. The van der Waals surface area contributed by atoms with Crippen molar-refractivity contribution in [3.63, 3.8) is 0 Å². The van der Waals surface area contributed by atoms with E-state index < -0.39 is 0 Å². The lowest BCUT2D eigenvalue weighted by molar-refractivity contribution is -0.119. The summed E-state index contributed by atoms with van der Waals surface area (Å²) in [6, 6.07) is 12.2. The number of nitrogens with zero attached hydrogens (tertiary/aromatic N) is 2. The standard InChI is InChI=1S/C39H46ClFN2O2/c1-4-31-11-6-5-8-30(24-38(31)45-3)15-13-28-9-7-10-29(14-12-28)23-35(44)25-39-42-37(32-16-21-36(40)27(2)22-32)26-43(39)34-19-17-33(41)18-20-34/h8,11,16-22,24,26,28-29H,4-7,9-10,12-15,23,25H2,1-3H3. The minimum Gasteiger partial charge on any atom is -0.496 e. The minimum absolute atomic E-state index is 0.211. The van der Waals surface area contributed by atoms with Crippen molar-refractivity contribution in [2.45, 2.75) is 90.9 Å². The summed E-state index contributed by atoms with van der Waals surface area (Å²) in [7, 11) is 1.77. The Kier molecular flexibility index (Phi) is 11.5. The highest BCUT2D eigenvalue weighted by atomic mass is 35.5. The molecule has 6 heteroatoms. The smallest absolute Gasteiger partial charge is 0.140 e. The van der Waals surface area contributed by atoms with E-state index in [4.69, 9.17) is 21.3 Å². The molecular formula is C39H46ClFN2O2. The van der Waals surface area contributed by atoms with Crippen LogP contribution in [-0.2, 0) is 16.0 Å². The molecule has 45 heavy (non-hydrogen) atoms. The monoisotopic (exact) mass is 628 g/mol. The number of allylic oxidation sites excluding steroid dienone is 5. The largest absolute Gasteiger partial charge is 0.496 e. The van der Waals surface area contributed by atoms with Gasteiger partial charge in [-0.1, -0.05) is 62.4 Å². The van der Waals surface area contributed by atoms with Crippen LogP contribution >= 0.6 is 11.6 Å². The molecule has 0 aliphatic heterocycles. The lowest BCUT2D eigenvalue weighted by Crippen LogP contribution is -2.13. The molecular weight excluding hydrogens is 583 g/mol. The highest BCUT2D eigenvalue weighted by Crippen LogP contribution is 2.34. The van der Waals surface area contributed by atoms with Crippen LogP contribution in [0.2, 0.25) is 5.02 Å². The number of aryl methyl sites for hydroxylation is 1. The molecule has 0 saturated heterocycles. The van der Waals surface area contributed by atoms with Crippen LogP contribution in [0.25, 0.3) is 16.9 Å². The molecule has 0 amide bonds. The topological polar surface area (TPSA) is 44.1 Å². The number of hydrogen-bond acceptors (Lipinski definition) is 3. The Balaban J connectivity index is 1.21. The van der Waals surface area contributed by atoms with Crippen LogP contribution in [0, 0.1) is 24.6 Å². The summed E-state index contributed by atoms with van der Waals surface area (Å²) < 4.78 is 21.4. The number of carbonyl (C=O) groups is 1. The second-order valence-corrected chi connectivity index (χ2v) is 13.1. The van der Waals surface area contributed by atoms with Crippen molar-refractivity contribution < 1.29 is 13.9 Å². The predicted molar refractivity (Wildman–Crippen MR) is 182 cm³/mol. The molecule has 0 bridgehead atoms. The number of aromatic nitrogens is 2. The van der Waals surface area contributed by atoms with Gasteiger partial charge in [0, 0.05) is 28.9 Å². The summed E-state index contributed by atoms with van der Waals surface area (Å²) in [5.74, 6) is 2.71. The van der Waals surface area contributed by atoms with Gasteiger partial charge in [0.05, 0.1) is 19.2 Å². The van der Waals surface area contributed by atoms with Gasteiger partial charge in [0.2, 0.25) is 0 Å². The molecule has 1 saturated carbocycles. The number of hydrogen-bond donors (Lipinski definition) is 0. The fourth-order valence-corrected chi connectivity index (χ4v) is 6.95. The van der Waals surface area contributed by atoms with Crippen molar-refractivity contribution in [2.24, 2.45) is 11.8 Å². The maximum Gasteiger partial charge on any atom is 0.140 e. The van der Waals surface area contributed by atoms with Gasteiger partial charge in [-0.2, -0.15) is 0 Å². The van der Waals surface area contributed by atoms with E-state index in [2.05, 4.69) is 25.2 Å². The molecule has 4 nitrogen and oxygen atoms in total. The Labute approximate surface area is 273 Å². The summed E-state index contributed by atoms with van der Waals surface area (Å²) in [5.41, 5.74) is 6.17. The number of ketones is 1. The third kappa shape index (κ3) is 8.85. The van der Waals surface area contributed by atoms with Crippen molar-refractivity contribution in [3.8, 4) is 16.9 Å². The van der Waals surface area contributed by atoms with E-state index in [0.717, 1.165) is 66.8 Å². The average molecular weight is 629 g/mol. The maximum atomic E-state index is 13.7. The number of ether oxygens (including phenoxy) is 1. The fraction of sp³-hybridized carbons (Fsp3) is 0.436. The zero-order valence-corrected chi connectivity index (χ0v) is 27.7. The third-order valence-electron chi connectivity index (χ3n) is 9.46. The first-order chi connectivity index (χ1) is 21.8. The van der Waals surface area contributed by atoms with Crippen LogP contribution < -0.4 is 0 Å². The number of imidazole rings is 1. The van der Waals surface area contributed by atoms with Crippen molar-refractivity contribution >= 4 is 17.4 Å². The Hall–Kier alpha value is -3.44. The van der Waals surface area contributed by atoms with Crippen LogP contribution in [0.5, 0.6) is 0 Å². The molecule has 2 unspecified atom stereocenters. The zero-order chi connectivity index (χ0) is 31.8. The zero-order valence-electron chi connectivity index (χ0n) is 27.0. The second-order valence-electron chi connectivity index (χ2n) is 12.7. The van der Waals surface area contributed by atoms with Gasteiger partial charge in [0.25, 0.3) is 0 Å². The van der Waals surface area contributed by atoms with E-state index in [1.807, 2.05) is 35.9 Å². The van der Waals surface area contributed by atoms with Crippen molar-refractivity contribution in [1.82, 2.24) is 9.55 Å². The molecule has 238 valence electrons. The van der Waals surface area contributed by atoms with Crippen molar-refractivity contribution in [3.05, 3.63) is 106 Å². The minimum atomic E-state index is -0.294. The van der Waals surface area contributed by atoms with E-state index in [0.29, 0.717) is 29.1 Å². The summed E-state index contributed by atoms with van der Waals surface area (Å²) in [4.78, 5) is 18.4. The number of halogens is 2. The SMILES string of the molecule is CCC1=CCCC=C(CCC2CCCC(CC(=O)Cc3nc(-c4ccc(Cl)c(C)c4)cn3-c3ccc(F)cc3)CC2)C=C1OC. The molecule has 0 radical (unpaired) electrons. The number of rotatable bonds is 11. The lowest BCUT2D eigenvalue weighted by atomic mass is 9.90. The van der Waals surface area contributed by atoms with Gasteiger partial charge >= 0.3 is 0 Å². The maximum absolute atomic E-state index is 13.7. The summed E-state index contributed by atoms with van der Waals surface area (Å²) >= 11 is 6.27. The van der Waals surface area contributed by atoms with E-state index in [-0.39, 0.29) is 18.0 Å². The van der Waals surface area contributed by atoms with Gasteiger partial charge in [-0.25, -0.2) is 9.37 Å². The molecule has 2 aliphatic rings. The van der Waals surface area contributed by atoms with E-state index in [1.165, 1.54) is 49.0 Å². The first kappa shape index (κ1) is 32.9. The highest BCUT2D eigenvalue weighted by Gasteiger charge is 2.23. The molecule has 1 aromatic heterocycles. The average Bonchev–Trinajstić information content (AvgIpc) is 3.30. The number of Topliss-reactive ketones (excluding diaryl/α,β-unsaturated/α-hetero) is 1. The van der Waals surface area contributed by atoms with E-state index in [1.54, 1.807) is 19.2 Å². The Morgan fingerprint density at radius 2 is 1.80 bits per heavy atom. The number of benzene rings is 2. The number of carbonyl (C=O) groups excluding carboxylic acids is 1. The molecule has 0 spiro atoms. The van der Waals surface area contributed by atoms with Crippen molar-refractivity contribution in [1.29, 1.82) is 0 Å². The van der Waals surface area contributed by atoms with Gasteiger partial charge in [-0.15, -0.1) is 0 Å². The quantitative estimate of drug-likeness (QED) is 0.198. The van der Waals surface area contributed by atoms with Gasteiger partial charge in [0.15, 0.2) is 0 Å². The van der Waals surface area contributed by atoms with E-state index >= 15 is 0 Å². The first-order valence-corrected chi connectivity index (χ1v) is 17.0. The normalized spacial score (nSPS) is 19.1. The first-order valence-electron chi connectivity index (χ1n) is 16.6. The van der Waals surface area contributed by atoms with Gasteiger partial charge < -0.3 is 9.30 Å². The summed E-state index contributed by atoms with van der Waals surface area (Å²) in [6.45, 7) is 4.16. The molecule has 2 aliphatic carbocycles. The van der Waals surface area contributed by atoms with Crippen LogP contribution in [-0.4, -0.2) is 22.4 Å². The van der Waals surface area contributed by atoms with Gasteiger partial charge in [-0.3, -0.25) is 4.79 Å². The van der Waals surface area contributed by atoms with Gasteiger partial charge in [-0.05, 0) is 116 Å². The van der Waals surface area contributed by atoms with E-state index in [9.17, 15) is 9.18 Å². The molecule has 5 rings (SSSR count). The van der Waals surface area contributed by atoms with Crippen molar-refractivity contribution in [2.75, 3.05) is 7.11 Å². The van der Waals surface area contributed by atoms with Crippen LogP contribution in [0.4, 0.5) is 4.39 Å². The highest BCUT2D eigenvalue weighted by molar-refractivity contribution is 6.31. The number of methoxy groups -OCH3 is 1. The fourth-order valence-electron chi connectivity index (χ4n) is 6.83. The van der Waals surface area contributed by atoms with Crippen LogP contribution in [0.1, 0.15) is 88.9 Å². The lowest BCUT2D eigenvalue weighted by Gasteiger charge is -2.17. The Bertz CT molecular complexity index is 1570. The van der Waals surface area contributed by atoms with Gasteiger partial charge in [0.1, 0.15) is 23.2 Å². The summed E-state index contributed by atoms with van der Waals surface area (Å²) in [5, 5.41) is 0.703. The van der Waals surface area contributed by atoms with Crippen LogP contribution in [0.15, 0.2) is 83.8 Å². The third-order valence-corrected chi connectivity index (χ3v) is 9.88. The Morgan fingerprint density at radius 3 is 2.56 bits per heavy atom. The molecule has 1 fully saturated rings. The summed E-state index contributed by atoms with van der Waals surface area (Å²) in [6.07, 6.45) is 20.9. The van der Waals surface area contributed by atoms with Crippen LogP contribution in [0.3, 0.4) is 0 Å². The molecule has 0 N–H and O–H groups in total. The predicted octanol–water partition coefficient (Wildman–Crippen LogP) is 10.7. The molecule has 2 atom stereocenters. The second kappa shape index (κ2) is 15.7. The molecule has 1 heterocycles. The molecule has 2 aromatic carbocycles.